The summed E-state index contributed by atoms with van der Waals surface area (Å²) in [6.45, 7) is 5.03. The Morgan fingerprint density at radius 2 is 0.667 bits per heavy atom. The second kappa shape index (κ2) is 55.4. The highest BCUT2D eigenvalue weighted by Gasteiger charge is 2.25. The standard InChI is InChI=1S/C57H116NO7P/c1-3-5-7-9-11-13-15-17-19-21-23-25-26-27-28-29-31-33-35-37-39-41-43-45-47-49-52-62-54-56(55-64-66(60,61)63-53-51-58)65-57(59)50-48-46-44-42-40-38-36-34-32-30-24-22-20-18-16-14-12-10-8-6-4-2/h56H,3-55,58H2,1-2H3,(H,60,61). The third-order valence-corrected chi connectivity index (χ3v) is 14.5. The van der Waals surface area contributed by atoms with E-state index >= 15 is 0 Å². The molecule has 0 aromatic heterocycles. The van der Waals surface area contributed by atoms with Gasteiger partial charge in [0.15, 0.2) is 0 Å². The molecule has 66 heavy (non-hydrogen) atoms. The van der Waals surface area contributed by atoms with Gasteiger partial charge < -0.3 is 20.1 Å². The summed E-state index contributed by atoms with van der Waals surface area (Å²) in [5, 5.41) is 0. The van der Waals surface area contributed by atoms with Crippen molar-refractivity contribution in [1.82, 2.24) is 0 Å². The highest BCUT2D eigenvalue weighted by Crippen LogP contribution is 2.43. The zero-order valence-electron chi connectivity index (χ0n) is 44.5. The van der Waals surface area contributed by atoms with Crippen molar-refractivity contribution < 1.29 is 32.8 Å². The van der Waals surface area contributed by atoms with Crippen LogP contribution in [0.4, 0.5) is 0 Å². The van der Waals surface area contributed by atoms with Crippen LogP contribution in [0.3, 0.4) is 0 Å². The number of ether oxygens (including phenoxy) is 2. The fourth-order valence-corrected chi connectivity index (χ4v) is 9.95. The average molecular weight is 959 g/mol. The summed E-state index contributed by atoms with van der Waals surface area (Å²) in [5.74, 6) is -0.319. The molecular weight excluding hydrogens is 842 g/mol. The second-order valence-corrected chi connectivity index (χ2v) is 21.7. The van der Waals surface area contributed by atoms with Crippen molar-refractivity contribution in [3.8, 4) is 0 Å². The number of unbranched alkanes of at least 4 members (excludes halogenated alkanes) is 45. The lowest BCUT2D eigenvalue weighted by Crippen LogP contribution is -2.28. The van der Waals surface area contributed by atoms with Gasteiger partial charge in [-0.3, -0.25) is 13.8 Å². The summed E-state index contributed by atoms with van der Waals surface area (Å²) in [6.07, 6.45) is 63.1. The topological polar surface area (TPSA) is 117 Å². The number of carbonyl (C=O) groups excluding carboxylic acids is 1. The average Bonchev–Trinajstić information content (AvgIpc) is 3.31. The first kappa shape index (κ1) is 65.5. The van der Waals surface area contributed by atoms with Gasteiger partial charge in [0.1, 0.15) is 6.10 Å². The predicted octanol–water partition coefficient (Wildman–Crippen LogP) is 18.8. The molecule has 2 atom stereocenters. The third-order valence-electron chi connectivity index (χ3n) is 13.5. The fourth-order valence-electron chi connectivity index (χ4n) is 9.18. The van der Waals surface area contributed by atoms with Crippen molar-refractivity contribution in [2.75, 3.05) is 33.0 Å². The Balaban J connectivity index is 3.79. The van der Waals surface area contributed by atoms with Gasteiger partial charge in [-0.15, -0.1) is 0 Å². The van der Waals surface area contributed by atoms with Crippen LogP contribution in [-0.2, 0) is 27.9 Å². The summed E-state index contributed by atoms with van der Waals surface area (Å²) in [5.41, 5.74) is 5.41. The Morgan fingerprint density at radius 3 is 0.955 bits per heavy atom. The maximum atomic E-state index is 12.7. The first-order chi connectivity index (χ1) is 32.4. The number of phosphoric acid groups is 1. The van der Waals surface area contributed by atoms with Crippen LogP contribution in [0.1, 0.15) is 322 Å². The Hall–Kier alpha value is -0.500. The largest absolute Gasteiger partial charge is 0.472 e. The van der Waals surface area contributed by atoms with Gasteiger partial charge in [0, 0.05) is 19.6 Å². The SMILES string of the molecule is CCCCCCCCCCCCCCCCCCCCCCCCCCCCOCC(COP(=O)(O)OCCN)OC(=O)CCCCCCCCCCCCCCCCCCCCCCC. The van der Waals surface area contributed by atoms with E-state index in [1.165, 1.54) is 270 Å². The molecule has 0 bridgehead atoms. The second-order valence-electron chi connectivity index (χ2n) is 20.2. The Morgan fingerprint density at radius 1 is 0.394 bits per heavy atom. The fraction of sp³-hybridized carbons (Fsp3) is 0.982. The predicted molar refractivity (Wildman–Crippen MR) is 284 cm³/mol. The Bertz CT molecular complexity index is 986. The molecule has 9 heteroatoms. The molecule has 2 unspecified atom stereocenters. The Labute approximate surface area is 411 Å². The summed E-state index contributed by atoms with van der Waals surface area (Å²) >= 11 is 0. The molecule has 0 spiro atoms. The van der Waals surface area contributed by atoms with E-state index in [1.54, 1.807) is 0 Å². The molecule has 0 aromatic rings. The number of esters is 1. The van der Waals surface area contributed by atoms with Crippen molar-refractivity contribution in [3.05, 3.63) is 0 Å². The normalized spacial score (nSPS) is 13.1. The molecule has 0 aromatic carbocycles. The zero-order chi connectivity index (χ0) is 48.0. The van der Waals surface area contributed by atoms with Crippen LogP contribution in [-0.4, -0.2) is 49.9 Å². The molecule has 0 heterocycles. The van der Waals surface area contributed by atoms with Crippen LogP contribution in [0.25, 0.3) is 0 Å². The van der Waals surface area contributed by atoms with E-state index in [0.717, 1.165) is 32.1 Å². The van der Waals surface area contributed by atoms with Gasteiger partial charge >= 0.3 is 13.8 Å². The lowest BCUT2D eigenvalue weighted by molar-refractivity contribution is -0.154. The van der Waals surface area contributed by atoms with Crippen molar-refractivity contribution >= 4 is 13.8 Å². The number of hydrogen-bond acceptors (Lipinski definition) is 7. The summed E-state index contributed by atoms with van der Waals surface area (Å²) in [4.78, 5) is 22.7. The molecule has 0 rings (SSSR count). The number of nitrogens with two attached hydrogens (primary N) is 1. The van der Waals surface area contributed by atoms with Crippen LogP contribution in [0.5, 0.6) is 0 Å². The monoisotopic (exact) mass is 958 g/mol. The van der Waals surface area contributed by atoms with Crippen LogP contribution in [0.2, 0.25) is 0 Å². The minimum atomic E-state index is -4.28. The molecular formula is C57H116NO7P. The number of hydrogen-bond donors (Lipinski definition) is 2. The third kappa shape index (κ3) is 54.4. The molecule has 0 aliphatic carbocycles. The van der Waals surface area contributed by atoms with Crippen molar-refractivity contribution in [2.24, 2.45) is 5.73 Å². The van der Waals surface area contributed by atoms with Crippen LogP contribution >= 0.6 is 7.82 Å². The van der Waals surface area contributed by atoms with Gasteiger partial charge in [0.2, 0.25) is 0 Å². The molecule has 396 valence electrons. The van der Waals surface area contributed by atoms with Gasteiger partial charge in [-0.2, -0.15) is 0 Å². The lowest BCUT2D eigenvalue weighted by Gasteiger charge is -2.20. The van der Waals surface area contributed by atoms with Crippen LogP contribution in [0, 0.1) is 0 Å². The Kier molecular flexibility index (Phi) is 55.0. The summed E-state index contributed by atoms with van der Waals surface area (Å²) in [7, 11) is -4.28. The van der Waals surface area contributed by atoms with Crippen LogP contribution in [0.15, 0.2) is 0 Å². The highest BCUT2D eigenvalue weighted by molar-refractivity contribution is 7.47. The number of phosphoric ester groups is 1. The van der Waals surface area contributed by atoms with Crippen molar-refractivity contribution in [1.29, 1.82) is 0 Å². The molecule has 0 saturated heterocycles. The van der Waals surface area contributed by atoms with Crippen molar-refractivity contribution in [3.63, 3.8) is 0 Å². The minimum Gasteiger partial charge on any atom is -0.457 e. The van der Waals surface area contributed by atoms with Gasteiger partial charge in [-0.05, 0) is 12.8 Å². The maximum Gasteiger partial charge on any atom is 0.472 e. The van der Waals surface area contributed by atoms with Gasteiger partial charge in [-0.25, -0.2) is 4.57 Å². The first-order valence-corrected chi connectivity index (χ1v) is 31.0. The number of carbonyl (C=O) groups is 1. The van der Waals surface area contributed by atoms with Gasteiger partial charge in [-0.1, -0.05) is 303 Å². The molecule has 0 aliphatic heterocycles. The smallest absolute Gasteiger partial charge is 0.457 e. The molecule has 0 saturated carbocycles. The van der Waals surface area contributed by atoms with E-state index in [4.69, 9.17) is 24.3 Å². The molecule has 0 fully saturated rings. The molecule has 8 nitrogen and oxygen atoms in total. The molecule has 0 aliphatic rings. The first-order valence-electron chi connectivity index (χ1n) is 29.5. The summed E-state index contributed by atoms with van der Waals surface area (Å²) < 4.78 is 33.7. The maximum absolute atomic E-state index is 12.7. The van der Waals surface area contributed by atoms with E-state index in [9.17, 15) is 14.3 Å². The van der Waals surface area contributed by atoms with Crippen molar-refractivity contribution in [2.45, 2.75) is 328 Å². The van der Waals surface area contributed by atoms with E-state index in [0.29, 0.717) is 13.0 Å². The lowest BCUT2D eigenvalue weighted by atomic mass is 10.0. The quantitative estimate of drug-likeness (QED) is 0.0352. The molecule has 3 N–H and O–H groups in total. The molecule has 0 radical (unpaired) electrons. The van der Waals surface area contributed by atoms with E-state index < -0.39 is 13.9 Å². The highest BCUT2D eigenvalue weighted by atomic mass is 31.2. The van der Waals surface area contributed by atoms with Gasteiger partial charge in [0.25, 0.3) is 0 Å². The van der Waals surface area contributed by atoms with E-state index in [-0.39, 0.29) is 32.3 Å². The summed E-state index contributed by atoms with van der Waals surface area (Å²) in [6, 6.07) is 0. The minimum absolute atomic E-state index is 0.0895. The molecule has 0 amide bonds. The van der Waals surface area contributed by atoms with Crippen LogP contribution < -0.4 is 5.73 Å². The van der Waals surface area contributed by atoms with E-state index in [1.807, 2.05) is 0 Å². The van der Waals surface area contributed by atoms with Gasteiger partial charge in [0.05, 0.1) is 19.8 Å². The van der Waals surface area contributed by atoms with E-state index in [2.05, 4.69) is 13.8 Å². The number of rotatable bonds is 58. The zero-order valence-corrected chi connectivity index (χ0v) is 45.4.